The van der Waals surface area contributed by atoms with Crippen LogP contribution in [0.1, 0.15) is 32.6 Å². The number of amides is 4. The quantitative estimate of drug-likeness (QED) is 0.172. The Bertz CT molecular complexity index is 617. The highest BCUT2D eigenvalue weighted by Gasteiger charge is 2.26. The summed E-state index contributed by atoms with van der Waals surface area (Å²) in [7, 11) is 7.46. The molecule has 1 atom stereocenters. The summed E-state index contributed by atoms with van der Waals surface area (Å²) in [5.41, 5.74) is 0. The number of nitrogens with zero attached hydrogens (tertiary/aromatic N) is 3. The van der Waals surface area contributed by atoms with Gasteiger partial charge in [0, 0.05) is 32.5 Å². The summed E-state index contributed by atoms with van der Waals surface area (Å²) < 4.78 is 0. The topological polar surface area (TPSA) is 128 Å². The van der Waals surface area contributed by atoms with Crippen LogP contribution in [0.15, 0.2) is 0 Å². The minimum atomic E-state index is -1.05. The summed E-state index contributed by atoms with van der Waals surface area (Å²) in [6, 6.07) is -1.05. The van der Waals surface area contributed by atoms with Gasteiger partial charge in [0.05, 0.1) is 5.75 Å². The van der Waals surface area contributed by atoms with E-state index in [0.29, 0.717) is 30.3 Å². The van der Waals surface area contributed by atoms with Crippen molar-refractivity contribution < 1.29 is 28.8 Å². The highest BCUT2D eigenvalue weighted by Crippen LogP contribution is 2.08. The Hall–Kier alpha value is -2.18. The number of hydrogen-bond donors (Lipinski definition) is 2. The molecule has 32 heavy (non-hydrogen) atoms. The fourth-order valence-electron chi connectivity index (χ4n) is 2.29. The number of hydrogen-bond acceptors (Lipinski definition) is 9. The molecule has 0 aromatic heterocycles. The van der Waals surface area contributed by atoms with Crippen molar-refractivity contribution in [1.82, 2.24) is 25.5 Å². The first-order valence-electron chi connectivity index (χ1n) is 10.5. The molecule has 0 heterocycles. The third-order valence-corrected chi connectivity index (χ3v) is 5.06. The van der Waals surface area contributed by atoms with Crippen LogP contribution < -0.4 is 10.6 Å². The Morgan fingerprint density at radius 2 is 1.66 bits per heavy atom. The smallest absolute Gasteiger partial charge is 0.354 e. The van der Waals surface area contributed by atoms with Crippen molar-refractivity contribution in [3.8, 4) is 0 Å². The molecular formula is C20H37N5O6S. The second kappa shape index (κ2) is 17.4. The zero-order valence-corrected chi connectivity index (χ0v) is 20.5. The molecule has 2 N–H and O–H groups in total. The standard InChI is InChI=1S/C20H37N5O6S/c1-6-7-19(29)25(15-26)31-20(30)16(22-17(27)8-11-23(2)3)9-13-32-14-18(28)21-10-12-24(4)5/h15-16H,6-14H2,1-5H3,(H,21,28)(H,22,27). The first-order valence-corrected chi connectivity index (χ1v) is 11.7. The molecule has 0 saturated carbocycles. The van der Waals surface area contributed by atoms with Gasteiger partial charge in [-0.2, -0.15) is 11.8 Å². The van der Waals surface area contributed by atoms with E-state index >= 15 is 0 Å². The molecule has 0 radical (unpaired) electrons. The van der Waals surface area contributed by atoms with Gasteiger partial charge in [0.2, 0.25) is 11.8 Å². The Balaban J connectivity index is 4.80. The predicted molar refractivity (Wildman–Crippen MR) is 123 cm³/mol. The minimum Gasteiger partial charge on any atom is -0.354 e. The fraction of sp³-hybridized carbons (Fsp3) is 0.750. The van der Waals surface area contributed by atoms with Crippen LogP contribution in [0.4, 0.5) is 0 Å². The summed E-state index contributed by atoms with van der Waals surface area (Å²) in [5, 5.41) is 5.74. The lowest BCUT2D eigenvalue weighted by molar-refractivity contribution is -0.198. The van der Waals surface area contributed by atoms with Gasteiger partial charge in [-0.1, -0.05) is 6.92 Å². The van der Waals surface area contributed by atoms with Gasteiger partial charge < -0.3 is 25.3 Å². The molecular weight excluding hydrogens is 438 g/mol. The van der Waals surface area contributed by atoms with E-state index < -0.39 is 17.9 Å². The summed E-state index contributed by atoms with van der Waals surface area (Å²) in [4.78, 5) is 68.3. The highest BCUT2D eigenvalue weighted by atomic mass is 32.2. The molecule has 184 valence electrons. The Kier molecular flexibility index (Phi) is 16.2. The van der Waals surface area contributed by atoms with E-state index in [2.05, 4.69) is 10.6 Å². The van der Waals surface area contributed by atoms with Crippen LogP contribution in [0.5, 0.6) is 0 Å². The lowest BCUT2D eigenvalue weighted by Gasteiger charge is -2.21. The van der Waals surface area contributed by atoms with Gasteiger partial charge in [-0.15, -0.1) is 5.06 Å². The maximum atomic E-state index is 12.5. The van der Waals surface area contributed by atoms with E-state index in [-0.39, 0.29) is 43.2 Å². The van der Waals surface area contributed by atoms with Gasteiger partial charge in [0.1, 0.15) is 6.04 Å². The number of nitrogens with one attached hydrogen (secondary N) is 2. The second-order valence-corrected chi connectivity index (χ2v) is 8.76. The number of imide groups is 1. The lowest BCUT2D eigenvalue weighted by Crippen LogP contribution is -2.46. The van der Waals surface area contributed by atoms with E-state index in [1.807, 2.05) is 38.0 Å². The van der Waals surface area contributed by atoms with Gasteiger partial charge in [0.25, 0.3) is 12.3 Å². The number of hydroxylamine groups is 2. The minimum absolute atomic E-state index is 0.0463. The third kappa shape index (κ3) is 14.8. The van der Waals surface area contributed by atoms with Gasteiger partial charge in [0.15, 0.2) is 0 Å². The number of carbonyl (C=O) groups excluding carboxylic acids is 5. The van der Waals surface area contributed by atoms with Crippen LogP contribution in [-0.4, -0.2) is 110 Å². The molecule has 0 aliphatic rings. The van der Waals surface area contributed by atoms with Crippen molar-refractivity contribution in [3.05, 3.63) is 0 Å². The van der Waals surface area contributed by atoms with Crippen molar-refractivity contribution in [1.29, 1.82) is 0 Å². The average molecular weight is 476 g/mol. The van der Waals surface area contributed by atoms with Crippen LogP contribution in [0.25, 0.3) is 0 Å². The fourth-order valence-corrected chi connectivity index (χ4v) is 3.13. The number of thioether (sulfide) groups is 1. The first kappa shape index (κ1) is 29.8. The maximum absolute atomic E-state index is 12.5. The molecule has 4 amide bonds. The highest BCUT2D eigenvalue weighted by molar-refractivity contribution is 7.99. The van der Waals surface area contributed by atoms with Gasteiger partial charge in [-0.25, -0.2) is 4.79 Å². The second-order valence-electron chi connectivity index (χ2n) is 7.65. The SMILES string of the molecule is CCCC(=O)N(C=O)OC(=O)C(CCSCC(=O)NCCN(C)C)NC(=O)CCN(C)C. The summed E-state index contributed by atoms with van der Waals surface area (Å²) >= 11 is 1.31. The molecule has 0 saturated heterocycles. The zero-order chi connectivity index (χ0) is 24.5. The summed E-state index contributed by atoms with van der Waals surface area (Å²) in [5.74, 6) is -1.43. The molecule has 1 unspecified atom stereocenters. The van der Waals surface area contributed by atoms with Crippen LogP contribution in [0, 0.1) is 0 Å². The van der Waals surface area contributed by atoms with Crippen molar-refractivity contribution >= 4 is 41.9 Å². The van der Waals surface area contributed by atoms with Gasteiger partial charge in [-0.05, 0) is 46.8 Å². The molecule has 0 aromatic rings. The Morgan fingerprint density at radius 1 is 1.00 bits per heavy atom. The number of rotatable bonds is 16. The Labute approximate surface area is 194 Å². The van der Waals surface area contributed by atoms with E-state index in [0.717, 1.165) is 6.54 Å². The molecule has 0 aliphatic heterocycles. The summed E-state index contributed by atoms with van der Waals surface area (Å²) in [6.45, 7) is 3.51. The monoisotopic (exact) mass is 475 g/mol. The van der Waals surface area contributed by atoms with Crippen molar-refractivity contribution in [2.24, 2.45) is 0 Å². The molecule has 12 heteroatoms. The normalized spacial score (nSPS) is 11.7. The Morgan fingerprint density at radius 3 is 2.22 bits per heavy atom. The van der Waals surface area contributed by atoms with E-state index in [4.69, 9.17) is 4.84 Å². The molecule has 0 aliphatic carbocycles. The molecule has 0 fully saturated rings. The predicted octanol–water partition coefficient (Wildman–Crippen LogP) is -0.533. The van der Waals surface area contributed by atoms with E-state index in [9.17, 15) is 24.0 Å². The molecule has 0 aromatic carbocycles. The maximum Gasteiger partial charge on any atom is 0.355 e. The van der Waals surface area contributed by atoms with Crippen LogP contribution in [0.3, 0.4) is 0 Å². The van der Waals surface area contributed by atoms with Crippen LogP contribution >= 0.6 is 11.8 Å². The number of likely N-dealkylation sites (N-methyl/N-ethyl adjacent to an activating group) is 1. The lowest BCUT2D eigenvalue weighted by atomic mass is 10.2. The van der Waals surface area contributed by atoms with E-state index in [1.165, 1.54) is 11.8 Å². The largest absolute Gasteiger partial charge is 0.355 e. The molecule has 0 spiro atoms. The molecule has 0 rings (SSSR count). The van der Waals surface area contributed by atoms with Gasteiger partial charge in [-0.3, -0.25) is 19.2 Å². The van der Waals surface area contributed by atoms with Crippen molar-refractivity contribution in [3.63, 3.8) is 0 Å². The zero-order valence-electron chi connectivity index (χ0n) is 19.7. The van der Waals surface area contributed by atoms with Gasteiger partial charge >= 0.3 is 5.97 Å². The third-order valence-electron chi connectivity index (χ3n) is 4.06. The average Bonchev–Trinajstić information content (AvgIpc) is 2.72. The molecule has 11 nitrogen and oxygen atoms in total. The van der Waals surface area contributed by atoms with Crippen LogP contribution in [0.2, 0.25) is 0 Å². The van der Waals surface area contributed by atoms with Crippen LogP contribution in [-0.2, 0) is 28.8 Å². The van der Waals surface area contributed by atoms with Crippen molar-refractivity contribution in [2.45, 2.75) is 38.6 Å². The van der Waals surface area contributed by atoms with Crippen molar-refractivity contribution in [2.75, 3.05) is 59.3 Å². The first-order chi connectivity index (χ1) is 15.1. The van der Waals surface area contributed by atoms with E-state index in [1.54, 1.807) is 6.92 Å². The number of carbonyl (C=O) groups is 5. The molecule has 0 bridgehead atoms. The summed E-state index contributed by atoms with van der Waals surface area (Å²) in [6.07, 6.45) is 1.01.